The maximum atomic E-state index is 11.3. The first-order chi connectivity index (χ1) is 13.1. The SMILES string of the molecule is C[C@@H](CC1CC[C@H](C2=CCC(=O)C=C2)C1)c1cnn2ccccc12.O=CO. The van der Waals surface area contributed by atoms with Crippen molar-refractivity contribution in [2.45, 2.75) is 44.9 Å². The number of pyridine rings is 1. The normalized spacial score (nSPS) is 22.9. The molecule has 142 valence electrons. The number of hydrogen-bond donors (Lipinski definition) is 1. The van der Waals surface area contributed by atoms with E-state index in [-0.39, 0.29) is 12.3 Å². The van der Waals surface area contributed by atoms with E-state index < -0.39 is 0 Å². The van der Waals surface area contributed by atoms with Gasteiger partial charge in [-0.3, -0.25) is 9.59 Å². The van der Waals surface area contributed by atoms with E-state index in [0.717, 1.165) is 5.92 Å². The monoisotopic (exact) mass is 366 g/mol. The lowest BCUT2D eigenvalue weighted by Gasteiger charge is -2.17. The molecule has 0 radical (unpaired) electrons. The van der Waals surface area contributed by atoms with Crippen molar-refractivity contribution in [1.82, 2.24) is 9.61 Å². The summed E-state index contributed by atoms with van der Waals surface area (Å²) in [5.41, 5.74) is 3.98. The summed E-state index contributed by atoms with van der Waals surface area (Å²) in [7, 11) is 0. The summed E-state index contributed by atoms with van der Waals surface area (Å²) in [6.07, 6.45) is 15.6. The number of ketones is 1. The highest BCUT2D eigenvalue weighted by molar-refractivity contribution is 5.92. The average molecular weight is 366 g/mol. The molecule has 1 fully saturated rings. The van der Waals surface area contributed by atoms with Crippen molar-refractivity contribution in [2.75, 3.05) is 0 Å². The van der Waals surface area contributed by atoms with E-state index >= 15 is 0 Å². The Morgan fingerprint density at radius 3 is 2.89 bits per heavy atom. The van der Waals surface area contributed by atoms with E-state index in [2.05, 4.69) is 30.2 Å². The molecule has 2 aromatic heterocycles. The third kappa shape index (κ3) is 4.54. The van der Waals surface area contributed by atoms with Gasteiger partial charge in [-0.05, 0) is 67.2 Å². The molecule has 0 aromatic carbocycles. The number of carboxylic acid groups (broad SMARTS) is 1. The molecule has 2 aliphatic carbocycles. The maximum Gasteiger partial charge on any atom is 0.290 e. The van der Waals surface area contributed by atoms with E-state index in [1.54, 1.807) is 6.08 Å². The van der Waals surface area contributed by atoms with Gasteiger partial charge in [0, 0.05) is 18.2 Å². The largest absolute Gasteiger partial charge is 0.483 e. The Morgan fingerprint density at radius 1 is 1.33 bits per heavy atom. The summed E-state index contributed by atoms with van der Waals surface area (Å²) in [5, 5.41) is 11.4. The second-order valence-corrected chi connectivity index (χ2v) is 7.46. The van der Waals surface area contributed by atoms with Crippen molar-refractivity contribution in [2.24, 2.45) is 11.8 Å². The van der Waals surface area contributed by atoms with Gasteiger partial charge in [0.25, 0.3) is 6.47 Å². The van der Waals surface area contributed by atoms with Crippen LogP contribution in [0.15, 0.2) is 54.4 Å². The van der Waals surface area contributed by atoms with Gasteiger partial charge in [0.2, 0.25) is 0 Å². The van der Waals surface area contributed by atoms with E-state index in [9.17, 15) is 4.79 Å². The summed E-state index contributed by atoms with van der Waals surface area (Å²) in [4.78, 5) is 19.7. The molecule has 1 unspecified atom stereocenters. The highest BCUT2D eigenvalue weighted by atomic mass is 16.3. The fourth-order valence-corrected chi connectivity index (χ4v) is 4.40. The second-order valence-electron chi connectivity index (χ2n) is 7.46. The Labute approximate surface area is 159 Å². The highest BCUT2D eigenvalue weighted by Gasteiger charge is 2.29. The van der Waals surface area contributed by atoms with Crippen LogP contribution in [0.2, 0.25) is 0 Å². The van der Waals surface area contributed by atoms with Crippen LogP contribution >= 0.6 is 0 Å². The summed E-state index contributed by atoms with van der Waals surface area (Å²) < 4.78 is 1.97. The number of carbonyl (C=O) groups is 2. The topological polar surface area (TPSA) is 71.7 Å². The van der Waals surface area contributed by atoms with Gasteiger partial charge >= 0.3 is 0 Å². The Balaban J connectivity index is 0.000000659. The van der Waals surface area contributed by atoms with Gasteiger partial charge in [-0.1, -0.05) is 25.1 Å². The molecule has 0 saturated heterocycles. The molecule has 0 bridgehead atoms. The van der Waals surface area contributed by atoms with Crippen LogP contribution in [-0.2, 0) is 9.59 Å². The number of fused-ring (bicyclic) bond motifs is 1. The lowest BCUT2D eigenvalue weighted by Crippen LogP contribution is -2.06. The standard InChI is InChI=1S/C21H24N2O.CH2O2/c1-15(20-14-22-23-11-3-2-4-21(20)23)12-16-5-6-18(13-16)17-7-9-19(24)10-8-17;2-1-3/h2-4,7-9,11,14-16,18H,5-6,10,12-13H2,1H3;1H,(H,2,3)/t15-,16?,18-;/m0./s1. The van der Waals surface area contributed by atoms with E-state index in [0.29, 0.717) is 18.3 Å². The van der Waals surface area contributed by atoms with E-state index in [4.69, 9.17) is 9.90 Å². The Kier molecular flexibility index (Phi) is 6.22. The molecule has 5 nitrogen and oxygen atoms in total. The molecule has 2 aliphatic rings. The molecule has 2 heterocycles. The Hall–Kier alpha value is -2.69. The smallest absolute Gasteiger partial charge is 0.290 e. The Bertz CT molecular complexity index is 865. The molecule has 1 saturated carbocycles. The number of hydrogen-bond acceptors (Lipinski definition) is 3. The summed E-state index contributed by atoms with van der Waals surface area (Å²) in [5.74, 6) is 2.19. The molecule has 2 aromatic rings. The maximum absolute atomic E-state index is 11.3. The van der Waals surface area contributed by atoms with Crippen LogP contribution in [0.3, 0.4) is 0 Å². The molecule has 0 aliphatic heterocycles. The van der Waals surface area contributed by atoms with Crippen molar-refractivity contribution in [1.29, 1.82) is 0 Å². The fourth-order valence-electron chi connectivity index (χ4n) is 4.40. The minimum atomic E-state index is -0.250. The lowest BCUT2D eigenvalue weighted by molar-refractivity contribution is -0.122. The van der Waals surface area contributed by atoms with Gasteiger partial charge in [-0.25, -0.2) is 4.52 Å². The van der Waals surface area contributed by atoms with Crippen LogP contribution in [0.5, 0.6) is 0 Å². The van der Waals surface area contributed by atoms with Gasteiger partial charge in [0.15, 0.2) is 5.78 Å². The van der Waals surface area contributed by atoms with Crippen molar-refractivity contribution in [3.63, 3.8) is 0 Å². The number of rotatable bonds is 4. The van der Waals surface area contributed by atoms with E-state index in [1.165, 1.54) is 42.3 Å². The predicted octanol–water partition coefficient (Wildman–Crippen LogP) is 4.40. The summed E-state index contributed by atoms with van der Waals surface area (Å²) in [6, 6.07) is 6.26. The van der Waals surface area contributed by atoms with Gasteiger partial charge in [0.05, 0.1) is 11.7 Å². The van der Waals surface area contributed by atoms with Crippen molar-refractivity contribution >= 4 is 17.8 Å². The first-order valence-electron chi connectivity index (χ1n) is 9.53. The zero-order valence-corrected chi connectivity index (χ0v) is 15.6. The van der Waals surface area contributed by atoms with Gasteiger partial charge in [0.1, 0.15) is 0 Å². The minimum Gasteiger partial charge on any atom is -0.483 e. The molecule has 4 rings (SSSR count). The number of carbonyl (C=O) groups excluding carboxylic acids is 1. The second kappa shape index (κ2) is 8.80. The van der Waals surface area contributed by atoms with Gasteiger partial charge < -0.3 is 5.11 Å². The molecule has 27 heavy (non-hydrogen) atoms. The van der Waals surface area contributed by atoms with Crippen LogP contribution in [0, 0.1) is 11.8 Å². The molecule has 3 atom stereocenters. The zero-order valence-electron chi connectivity index (χ0n) is 15.6. The molecule has 1 N–H and O–H groups in total. The van der Waals surface area contributed by atoms with E-state index in [1.807, 2.05) is 29.1 Å². The Morgan fingerprint density at radius 2 is 2.15 bits per heavy atom. The van der Waals surface area contributed by atoms with Crippen molar-refractivity contribution in [3.05, 3.63) is 60.0 Å². The van der Waals surface area contributed by atoms with Crippen LogP contribution in [0.25, 0.3) is 5.52 Å². The number of aromatic nitrogens is 2. The van der Waals surface area contributed by atoms with Gasteiger partial charge in [-0.15, -0.1) is 0 Å². The van der Waals surface area contributed by atoms with Crippen molar-refractivity contribution < 1.29 is 14.7 Å². The molecule has 0 spiro atoms. The predicted molar refractivity (Wildman–Crippen MR) is 105 cm³/mol. The van der Waals surface area contributed by atoms with Crippen LogP contribution < -0.4 is 0 Å². The van der Waals surface area contributed by atoms with Gasteiger partial charge in [-0.2, -0.15) is 5.10 Å². The zero-order chi connectivity index (χ0) is 19.2. The first-order valence-corrected chi connectivity index (χ1v) is 9.53. The highest BCUT2D eigenvalue weighted by Crippen LogP contribution is 2.41. The third-order valence-electron chi connectivity index (χ3n) is 5.69. The first kappa shape index (κ1) is 19.1. The number of nitrogens with zero attached hydrogens (tertiary/aromatic N) is 2. The van der Waals surface area contributed by atoms with Crippen LogP contribution in [0.1, 0.15) is 50.5 Å². The minimum absolute atomic E-state index is 0.231. The average Bonchev–Trinajstić information content (AvgIpc) is 3.30. The number of allylic oxidation sites excluding steroid dienone is 4. The van der Waals surface area contributed by atoms with Crippen molar-refractivity contribution in [3.8, 4) is 0 Å². The quantitative estimate of drug-likeness (QED) is 0.814. The molecular formula is C22H26N2O3. The molecule has 0 amide bonds. The summed E-state index contributed by atoms with van der Waals surface area (Å²) >= 11 is 0. The summed E-state index contributed by atoms with van der Waals surface area (Å²) in [6.45, 7) is 2.08. The fraction of sp³-hybridized carbons (Fsp3) is 0.409. The molecule has 5 heteroatoms. The third-order valence-corrected chi connectivity index (χ3v) is 5.69. The van der Waals surface area contributed by atoms with Crippen LogP contribution in [0.4, 0.5) is 0 Å². The molecular weight excluding hydrogens is 340 g/mol. The van der Waals surface area contributed by atoms with Crippen LogP contribution in [-0.4, -0.2) is 27.0 Å². The lowest BCUT2D eigenvalue weighted by atomic mass is 9.87.